The molecule has 0 radical (unpaired) electrons. The molecule has 0 unspecified atom stereocenters. The summed E-state index contributed by atoms with van der Waals surface area (Å²) in [6.07, 6.45) is 0.788. The van der Waals surface area contributed by atoms with Gasteiger partial charge in [0.15, 0.2) is 0 Å². The van der Waals surface area contributed by atoms with E-state index in [2.05, 4.69) is 11.9 Å². The molecule has 2 atom stereocenters. The maximum absolute atomic E-state index is 13.0. The molecule has 1 aromatic rings. The number of likely N-dealkylation sites (tertiary alicyclic amines) is 1. The van der Waals surface area contributed by atoms with Crippen molar-refractivity contribution < 1.29 is 13.9 Å². The van der Waals surface area contributed by atoms with E-state index in [1.807, 2.05) is 0 Å². The smallest absolute Gasteiger partial charge is 0.123 e. The molecule has 0 bridgehead atoms. The van der Waals surface area contributed by atoms with Crippen LogP contribution in [0.3, 0.4) is 0 Å². The molecule has 3 nitrogen and oxygen atoms in total. The van der Waals surface area contributed by atoms with Gasteiger partial charge in [-0.2, -0.15) is 0 Å². The third-order valence-electron chi connectivity index (χ3n) is 3.84. The highest BCUT2D eigenvalue weighted by Crippen LogP contribution is 2.37. The number of likely N-dealkylation sites (N-methyl/N-ethyl adjacent to an activating group) is 1. The maximum Gasteiger partial charge on any atom is 0.123 e. The fourth-order valence-corrected chi connectivity index (χ4v) is 2.72. The molecule has 1 saturated heterocycles. The van der Waals surface area contributed by atoms with Gasteiger partial charge in [0.2, 0.25) is 0 Å². The average Bonchev–Trinajstić information content (AvgIpc) is 2.40. The lowest BCUT2D eigenvalue weighted by Crippen LogP contribution is -2.54. The number of halogens is 1. The van der Waals surface area contributed by atoms with Crippen LogP contribution in [0, 0.1) is 5.82 Å². The monoisotopic (exact) mass is 253 g/mol. The lowest BCUT2D eigenvalue weighted by atomic mass is 9.82. The highest BCUT2D eigenvalue weighted by Gasteiger charge is 2.44. The van der Waals surface area contributed by atoms with Crippen molar-refractivity contribution in [1.82, 2.24) is 4.90 Å². The Morgan fingerprint density at radius 2 is 1.94 bits per heavy atom. The quantitative estimate of drug-likeness (QED) is 0.822. The molecule has 1 heterocycles. The van der Waals surface area contributed by atoms with Crippen molar-refractivity contribution in [3.05, 3.63) is 35.6 Å². The molecule has 1 aromatic carbocycles. The van der Waals surface area contributed by atoms with Gasteiger partial charge in [-0.25, -0.2) is 4.39 Å². The van der Waals surface area contributed by atoms with Crippen LogP contribution in [0.1, 0.15) is 12.0 Å². The van der Waals surface area contributed by atoms with Crippen LogP contribution >= 0.6 is 0 Å². The molecule has 0 amide bonds. The highest BCUT2D eigenvalue weighted by atomic mass is 19.1. The summed E-state index contributed by atoms with van der Waals surface area (Å²) < 4.78 is 24.4. The van der Waals surface area contributed by atoms with Crippen LogP contribution < -0.4 is 0 Å². The SMILES string of the molecule is CO[C@H]1CN(C)CC[C@]1(OC)c1ccc(F)cc1. The molecular formula is C14H20FNO2. The second kappa shape index (κ2) is 5.34. The third kappa shape index (κ3) is 2.28. The van der Waals surface area contributed by atoms with Gasteiger partial charge in [-0.3, -0.25) is 0 Å². The van der Waals surface area contributed by atoms with Gasteiger partial charge in [0.05, 0.1) is 0 Å². The van der Waals surface area contributed by atoms with Gasteiger partial charge in [0.25, 0.3) is 0 Å². The van der Waals surface area contributed by atoms with Gasteiger partial charge >= 0.3 is 0 Å². The molecule has 0 N–H and O–H groups in total. The normalized spacial score (nSPS) is 29.4. The van der Waals surface area contributed by atoms with Gasteiger partial charge in [0, 0.05) is 27.3 Å². The highest BCUT2D eigenvalue weighted by molar-refractivity contribution is 5.26. The molecule has 1 aliphatic heterocycles. The maximum atomic E-state index is 13.0. The second-order valence-corrected chi connectivity index (χ2v) is 4.84. The zero-order valence-corrected chi connectivity index (χ0v) is 11.1. The van der Waals surface area contributed by atoms with Crippen LogP contribution in [0.2, 0.25) is 0 Å². The lowest BCUT2D eigenvalue weighted by Gasteiger charge is -2.45. The van der Waals surface area contributed by atoms with Crippen molar-refractivity contribution in [2.24, 2.45) is 0 Å². The number of ether oxygens (including phenoxy) is 2. The number of nitrogens with zero attached hydrogens (tertiary/aromatic N) is 1. The van der Waals surface area contributed by atoms with Crippen LogP contribution in [0.4, 0.5) is 4.39 Å². The Labute approximate surface area is 107 Å². The van der Waals surface area contributed by atoms with Crippen molar-refractivity contribution >= 4 is 0 Å². The van der Waals surface area contributed by atoms with E-state index in [4.69, 9.17) is 9.47 Å². The summed E-state index contributed by atoms with van der Waals surface area (Å²) in [6, 6.07) is 6.52. The molecule has 18 heavy (non-hydrogen) atoms. The molecule has 1 aliphatic rings. The topological polar surface area (TPSA) is 21.7 Å². The molecule has 4 heteroatoms. The first-order valence-electron chi connectivity index (χ1n) is 6.15. The Morgan fingerprint density at radius 3 is 2.50 bits per heavy atom. The van der Waals surface area contributed by atoms with Crippen molar-refractivity contribution in [3.63, 3.8) is 0 Å². The number of rotatable bonds is 3. The van der Waals surface area contributed by atoms with E-state index in [-0.39, 0.29) is 11.9 Å². The molecule has 2 rings (SSSR count). The number of hydrogen-bond acceptors (Lipinski definition) is 3. The summed E-state index contributed by atoms with van der Waals surface area (Å²) in [5.41, 5.74) is 0.501. The Bertz CT molecular complexity index is 395. The third-order valence-corrected chi connectivity index (χ3v) is 3.84. The van der Waals surface area contributed by atoms with E-state index in [0.29, 0.717) is 0 Å². The van der Waals surface area contributed by atoms with Gasteiger partial charge in [-0.15, -0.1) is 0 Å². The molecular weight excluding hydrogens is 233 g/mol. The number of piperidine rings is 1. The van der Waals surface area contributed by atoms with Crippen LogP contribution in [0.5, 0.6) is 0 Å². The molecule has 0 aromatic heterocycles. The summed E-state index contributed by atoms with van der Waals surface area (Å²) in [6.45, 7) is 1.74. The van der Waals surface area contributed by atoms with E-state index in [1.54, 1.807) is 26.4 Å². The van der Waals surface area contributed by atoms with Gasteiger partial charge < -0.3 is 14.4 Å². The van der Waals surface area contributed by atoms with E-state index in [0.717, 1.165) is 25.1 Å². The standard InChI is InChI=1S/C14H20FNO2/c1-16-9-8-14(18-3,13(10-16)17-2)11-4-6-12(15)7-5-11/h4-7,13H,8-10H2,1-3H3/t13-,14-/m0/s1. The first-order valence-corrected chi connectivity index (χ1v) is 6.15. The number of benzene rings is 1. The van der Waals surface area contributed by atoms with Crippen LogP contribution in [-0.2, 0) is 15.1 Å². The Morgan fingerprint density at radius 1 is 1.28 bits per heavy atom. The number of hydrogen-bond donors (Lipinski definition) is 0. The largest absolute Gasteiger partial charge is 0.377 e. The zero-order chi connectivity index (χ0) is 13.2. The molecule has 0 spiro atoms. The Kier molecular flexibility index (Phi) is 4.00. The predicted octanol–water partition coefficient (Wildman–Crippen LogP) is 2.02. The van der Waals surface area contributed by atoms with Gasteiger partial charge in [0.1, 0.15) is 17.5 Å². The van der Waals surface area contributed by atoms with E-state index in [1.165, 1.54) is 12.1 Å². The summed E-state index contributed by atoms with van der Waals surface area (Å²) in [7, 11) is 5.46. The fourth-order valence-electron chi connectivity index (χ4n) is 2.72. The fraction of sp³-hybridized carbons (Fsp3) is 0.571. The van der Waals surface area contributed by atoms with E-state index in [9.17, 15) is 4.39 Å². The average molecular weight is 253 g/mol. The Hall–Kier alpha value is -0.970. The summed E-state index contributed by atoms with van der Waals surface area (Å²) in [5, 5.41) is 0. The van der Waals surface area contributed by atoms with Crippen LogP contribution in [-0.4, -0.2) is 45.4 Å². The van der Waals surface area contributed by atoms with Crippen molar-refractivity contribution in [1.29, 1.82) is 0 Å². The van der Waals surface area contributed by atoms with Crippen molar-refractivity contribution in [3.8, 4) is 0 Å². The van der Waals surface area contributed by atoms with Crippen LogP contribution in [0.15, 0.2) is 24.3 Å². The molecule has 100 valence electrons. The minimum Gasteiger partial charge on any atom is -0.377 e. The van der Waals surface area contributed by atoms with Crippen molar-refractivity contribution in [2.75, 3.05) is 34.4 Å². The predicted molar refractivity (Wildman–Crippen MR) is 68.0 cm³/mol. The Balaban J connectivity index is 2.36. The number of methoxy groups -OCH3 is 2. The van der Waals surface area contributed by atoms with Gasteiger partial charge in [-0.05, 0) is 31.2 Å². The molecule has 0 saturated carbocycles. The summed E-state index contributed by atoms with van der Waals surface area (Å²) in [4.78, 5) is 2.22. The minimum atomic E-state index is -0.477. The summed E-state index contributed by atoms with van der Waals surface area (Å²) in [5.74, 6) is -0.230. The van der Waals surface area contributed by atoms with Gasteiger partial charge in [-0.1, -0.05) is 12.1 Å². The zero-order valence-electron chi connectivity index (χ0n) is 11.1. The first kappa shape index (κ1) is 13.5. The second-order valence-electron chi connectivity index (χ2n) is 4.84. The van der Waals surface area contributed by atoms with E-state index < -0.39 is 5.60 Å². The first-order chi connectivity index (χ1) is 8.62. The lowest BCUT2D eigenvalue weighted by molar-refractivity contribution is -0.156. The minimum absolute atomic E-state index is 0.0493. The van der Waals surface area contributed by atoms with Crippen LogP contribution in [0.25, 0.3) is 0 Å². The molecule has 0 aliphatic carbocycles. The van der Waals surface area contributed by atoms with Crippen molar-refractivity contribution in [2.45, 2.75) is 18.1 Å². The molecule has 1 fully saturated rings. The summed E-state index contributed by atoms with van der Waals surface area (Å²) >= 11 is 0. The van der Waals surface area contributed by atoms with E-state index >= 15 is 0 Å².